The largest absolute Gasteiger partial charge is 0.481 e. The zero-order valence-electron chi connectivity index (χ0n) is 25.0. The van der Waals surface area contributed by atoms with Crippen LogP contribution in [0.15, 0.2) is 66.9 Å². The molecule has 4 heterocycles. The van der Waals surface area contributed by atoms with Crippen LogP contribution in [0.25, 0.3) is 5.65 Å². The highest BCUT2D eigenvalue weighted by atomic mass is 16.4. The summed E-state index contributed by atoms with van der Waals surface area (Å²) in [5.41, 5.74) is 4.15. The van der Waals surface area contributed by atoms with Gasteiger partial charge in [-0.05, 0) is 94.7 Å². The molecule has 2 aliphatic rings. The summed E-state index contributed by atoms with van der Waals surface area (Å²) in [5, 5.41) is 18.1. The lowest BCUT2D eigenvalue weighted by molar-refractivity contribution is -0.144. The van der Waals surface area contributed by atoms with E-state index in [1.807, 2.05) is 85.7 Å². The topological polar surface area (TPSA) is 106 Å². The van der Waals surface area contributed by atoms with Gasteiger partial charge >= 0.3 is 5.97 Å². The molecule has 6 rings (SSSR count). The minimum absolute atomic E-state index is 0.0347. The van der Waals surface area contributed by atoms with Crippen molar-refractivity contribution in [3.63, 3.8) is 0 Å². The van der Waals surface area contributed by atoms with E-state index < -0.39 is 11.4 Å². The van der Waals surface area contributed by atoms with Crippen LogP contribution < -0.4 is 10.2 Å². The van der Waals surface area contributed by atoms with E-state index in [2.05, 4.69) is 27.3 Å². The quantitative estimate of drug-likeness (QED) is 0.327. The molecule has 43 heavy (non-hydrogen) atoms. The number of likely N-dealkylation sites (tertiary alicyclic amines) is 1. The number of rotatable bonds is 7. The summed E-state index contributed by atoms with van der Waals surface area (Å²) >= 11 is 0. The van der Waals surface area contributed by atoms with Gasteiger partial charge in [-0.3, -0.25) is 9.59 Å². The number of piperidine rings is 2. The Morgan fingerprint density at radius 1 is 0.977 bits per heavy atom. The maximum atomic E-state index is 13.1. The first-order valence-electron chi connectivity index (χ1n) is 15.0. The van der Waals surface area contributed by atoms with Crippen LogP contribution in [0.2, 0.25) is 0 Å². The number of anilines is 3. The molecule has 0 spiro atoms. The maximum Gasteiger partial charge on any atom is 0.314 e. The molecule has 0 bridgehead atoms. The van der Waals surface area contributed by atoms with E-state index in [1.54, 1.807) is 4.52 Å². The van der Waals surface area contributed by atoms with Gasteiger partial charge in [-0.1, -0.05) is 29.8 Å². The molecular weight excluding hydrogens is 542 g/mol. The molecule has 2 saturated heterocycles. The Morgan fingerprint density at radius 2 is 1.65 bits per heavy atom. The molecule has 4 aromatic rings. The highest BCUT2D eigenvalue weighted by molar-refractivity contribution is 5.94. The first kappa shape index (κ1) is 28.7. The van der Waals surface area contributed by atoms with Crippen molar-refractivity contribution in [2.24, 2.45) is 0 Å². The standard InChI is InChI=1S/C33H39N7O3/c1-23-6-10-25(11-7-23)33(31(42)43)16-21-39(22-17-33)28-5-4-18-40-29(28)35-32(36-40)34-26-12-8-24(9-13-26)30(41)38(3)27-14-19-37(2)20-15-27/h4-13,18,27H,14-17,19-22H2,1-3H3,(H,34,36)(H,42,43). The van der Waals surface area contributed by atoms with Gasteiger partial charge in [-0.25, -0.2) is 4.52 Å². The number of hydrogen-bond donors (Lipinski definition) is 2. The van der Waals surface area contributed by atoms with Crippen LogP contribution in [0, 0.1) is 6.92 Å². The molecule has 2 aromatic heterocycles. The average molecular weight is 582 g/mol. The molecule has 2 aliphatic heterocycles. The number of carboxylic acids is 1. The Kier molecular flexibility index (Phi) is 7.79. The Labute approximate surface area is 251 Å². The van der Waals surface area contributed by atoms with E-state index in [9.17, 15) is 14.7 Å². The molecule has 2 N–H and O–H groups in total. The summed E-state index contributed by atoms with van der Waals surface area (Å²) in [6, 6.07) is 19.5. The fraction of sp³-hybridized carbons (Fsp3) is 0.394. The number of carbonyl (C=O) groups is 2. The lowest BCUT2D eigenvalue weighted by atomic mass is 9.72. The number of amides is 1. The molecule has 224 valence electrons. The Morgan fingerprint density at radius 3 is 2.30 bits per heavy atom. The van der Waals surface area contributed by atoms with Gasteiger partial charge in [0.25, 0.3) is 5.91 Å². The van der Waals surface area contributed by atoms with Gasteiger partial charge in [0, 0.05) is 43.6 Å². The number of benzene rings is 2. The number of aromatic nitrogens is 3. The predicted molar refractivity (Wildman–Crippen MR) is 167 cm³/mol. The average Bonchev–Trinajstić information content (AvgIpc) is 3.44. The highest BCUT2D eigenvalue weighted by Crippen LogP contribution is 2.38. The highest BCUT2D eigenvalue weighted by Gasteiger charge is 2.43. The monoisotopic (exact) mass is 581 g/mol. The van der Waals surface area contributed by atoms with Crippen LogP contribution in [-0.4, -0.2) is 87.7 Å². The smallest absolute Gasteiger partial charge is 0.314 e. The van der Waals surface area contributed by atoms with Crippen LogP contribution in [0.1, 0.15) is 47.2 Å². The Hall–Kier alpha value is -4.44. The summed E-state index contributed by atoms with van der Waals surface area (Å²) in [7, 11) is 4.02. The summed E-state index contributed by atoms with van der Waals surface area (Å²) in [6.45, 7) is 5.21. The van der Waals surface area contributed by atoms with Gasteiger partial charge in [-0.2, -0.15) is 4.98 Å². The molecule has 0 aliphatic carbocycles. The van der Waals surface area contributed by atoms with Gasteiger partial charge in [-0.15, -0.1) is 5.10 Å². The van der Waals surface area contributed by atoms with Crippen molar-refractivity contribution in [2.45, 2.75) is 44.1 Å². The molecule has 0 atom stereocenters. The van der Waals surface area contributed by atoms with Crippen molar-refractivity contribution in [1.82, 2.24) is 24.4 Å². The second kappa shape index (κ2) is 11.7. The van der Waals surface area contributed by atoms with Gasteiger partial charge in [0.15, 0.2) is 5.65 Å². The number of aryl methyl sites for hydroxylation is 1. The molecule has 10 nitrogen and oxygen atoms in total. The molecule has 0 unspecified atom stereocenters. The summed E-state index contributed by atoms with van der Waals surface area (Å²) < 4.78 is 1.74. The number of hydrogen-bond acceptors (Lipinski definition) is 7. The van der Waals surface area contributed by atoms with Crippen LogP contribution in [0.3, 0.4) is 0 Å². The number of nitrogens with one attached hydrogen (secondary N) is 1. The van der Waals surface area contributed by atoms with Crippen molar-refractivity contribution in [1.29, 1.82) is 0 Å². The zero-order chi connectivity index (χ0) is 30.1. The first-order valence-corrected chi connectivity index (χ1v) is 15.0. The van der Waals surface area contributed by atoms with Crippen LogP contribution in [0.4, 0.5) is 17.3 Å². The third-order valence-corrected chi connectivity index (χ3v) is 9.26. The van der Waals surface area contributed by atoms with Crippen molar-refractivity contribution >= 4 is 34.8 Å². The Balaban J connectivity index is 1.14. The van der Waals surface area contributed by atoms with E-state index in [4.69, 9.17) is 4.98 Å². The number of fused-ring (bicyclic) bond motifs is 1. The van der Waals surface area contributed by atoms with Gasteiger partial charge in [0.2, 0.25) is 5.95 Å². The third kappa shape index (κ3) is 5.67. The summed E-state index contributed by atoms with van der Waals surface area (Å²) in [6.07, 6.45) is 4.85. The molecule has 2 aromatic carbocycles. The molecule has 10 heteroatoms. The van der Waals surface area contributed by atoms with Crippen LogP contribution >= 0.6 is 0 Å². The lowest BCUT2D eigenvalue weighted by Gasteiger charge is -2.40. The molecule has 1 amide bonds. The van der Waals surface area contributed by atoms with Gasteiger partial charge in [0.1, 0.15) is 0 Å². The normalized spacial score (nSPS) is 17.6. The number of aliphatic carboxylic acids is 1. The molecule has 0 saturated carbocycles. The van der Waals surface area contributed by atoms with E-state index in [1.165, 1.54) is 0 Å². The SMILES string of the molecule is Cc1ccc(C2(C(=O)O)CCN(c3cccn4nc(Nc5ccc(C(=O)N(C)C6CCN(C)CC6)cc5)nc34)CC2)cc1. The molecule has 0 radical (unpaired) electrons. The maximum absolute atomic E-state index is 13.1. The number of nitrogens with zero attached hydrogens (tertiary/aromatic N) is 6. The fourth-order valence-corrected chi connectivity index (χ4v) is 6.40. The van der Waals surface area contributed by atoms with Gasteiger partial charge < -0.3 is 25.1 Å². The summed E-state index contributed by atoms with van der Waals surface area (Å²) in [4.78, 5) is 36.7. The van der Waals surface area contributed by atoms with Crippen molar-refractivity contribution in [3.05, 3.63) is 83.6 Å². The second-order valence-corrected chi connectivity index (χ2v) is 12.0. The molecular formula is C33H39N7O3. The molecule has 2 fully saturated rings. The summed E-state index contributed by atoms with van der Waals surface area (Å²) in [5.74, 6) is -0.289. The fourth-order valence-electron chi connectivity index (χ4n) is 6.40. The van der Waals surface area contributed by atoms with E-state index in [0.717, 1.165) is 48.4 Å². The van der Waals surface area contributed by atoms with Crippen molar-refractivity contribution in [2.75, 3.05) is 50.5 Å². The minimum atomic E-state index is -0.898. The van der Waals surface area contributed by atoms with E-state index in [-0.39, 0.29) is 11.9 Å². The van der Waals surface area contributed by atoms with Crippen molar-refractivity contribution < 1.29 is 14.7 Å². The lowest BCUT2D eigenvalue weighted by Crippen LogP contribution is -2.47. The third-order valence-electron chi connectivity index (χ3n) is 9.26. The zero-order valence-corrected chi connectivity index (χ0v) is 25.0. The second-order valence-electron chi connectivity index (χ2n) is 12.0. The van der Waals surface area contributed by atoms with Crippen molar-refractivity contribution in [3.8, 4) is 0 Å². The number of carbonyl (C=O) groups excluding carboxylic acids is 1. The number of carboxylic acid groups (broad SMARTS) is 1. The van der Waals surface area contributed by atoms with E-state index in [0.29, 0.717) is 43.1 Å². The van der Waals surface area contributed by atoms with Crippen LogP contribution in [-0.2, 0) is 10.2 Å². The first-order chi connectivity index (χ1) is 20.7. The predicted octanol–water partition coefficient (Wildman–Crippen LogP) is 4.57. The minimum Gasteiger partial charge on any atom is -0.481 e. The van der Waals surface area contributed by atoms with Gasteiger partial charge in [0.05, 0.1) is 11.1 Å². The Bertz CT molecular complexity index is 1600. The van der Waals surface area contributed by atoms with Crippen LogP contribution in [0.5, 0.6) is 0 Å². The number of pyridine rings is 1. The van der Waals surface area contributed by atoms with E-state index >= 15 is 0 Å².